The second kappa shape index (κ2) is 3.18. The van der Waals surface area contributed by atoms with Gasteiger partial charge in [0.15, 0.2) is 0 Å². The van der Waals surface area contributed by atoms with Gasteiger partial charge in [0.05, 0.1) is 4.47 Å². The molecule has 0 saturated heterocycles. The fraction of sp³-hybridized carbons (Fsp3) is 0. The molecule has 0 aliphatic carbocycles. The lowest BCUT2D eigenvalue weighted by Gasteiger charge is -1.90. The summed E-state index contributed by atoms with van der Waals surface area (Å²) in [5, 5.41) is 1.81. The number of halogens is 3. The maximum atomic E-state index is 5.93. The zero-order chi connectivity index (χ0) is 8.72. The molecule has 4 heteroatoms. The number of thiophene rings is 1. The predicted molar refractivity (Wildman–Crippen MR) is 59.5 cm³/mol. The fourth-order valence-corrected chi connectivity index (χ4v) is 3.03. The summed E-state index contributed by atoms with van der Waals surface area (Å²) in [6.45, 7) is 0. The van der Waals surface area contributed by atoms with Crippen LogP contribution in [0.25, 0.3) is 10.1 Å². The average Bonchev–Trinajstić information content (AvgIpc) is 2.31. The second-order valence-corrected chi connectivity index (χ2v) is 5.21. The Bertz CT molecular complexity index is 436. The first-order valence-electron chi connectivity index (χ1n) is 3.21. The van der Waals surface area contributed by atoms with Gasteiger partial charge >= 0.3 is 0 Å². The molecule has 0 spiro atoms. The highest BCUT2D eigenvalue weighted by Crippen LogP contribution is 2.39. The molecule has 1 aromatic carbocycles. The van der Waals surface area contributed by atoms with E-state index >= 15 is 0 Å². The lowest BCUT2D eigenvalue weighted by atomic mass is 10.3. The Morgan fingerprint density at radius 2 is 2.00 bits per heavy atom. The van der Waals surface area contributed by atoms with Crippen molar-refractivity contribution < 1.29 is 0 Å². The molecule has 1 aromatic heterocycles. The van der Waals surface area contributed by atoms with Crippen molar-refractivity contribution in [3.05, 3.63) is 32.0 Å². The first-order chi connectivity index (χ1) is 5.68. The van der Waals surface area contributed by atoms with Crippen molar-refractivity contribution in [1.82, 2.24) is 0 Å². The van der Waals surface area contributed by atoms with Crippen LogP contribution in [0.3, 0.4) is 0 Å². The summed E-state index contributed by atoms with van der Waals surface area (Å²) in [5.74, 6) is 0. The van der Waals surface area contributed by atoms with Crippen LogP contribution in [0.4, 0.5) is 0 Å². The highest BCUT2D eigenvalue weighted by Gasteiger charge is 2.07. The third kappa shape index (κ3) is 1.37. The lowest BCUT2D eigenvalue weighted by molar-refractivity contribution is 1.83. The van der Waals surface area contributed by atoms with E-state index in [1.54, 1.807) is 11.3 Å². The normalized spacial score (nSPS) is 10.9. The van der Waals surface area contributed by atoms with Crippen LogP contribution in [0.2, 0.25) is 9.36 Å². The first-order valence-corrected chi connectivity index (χ1v) is 5.58. The smallest absolute Gasteiger partial charge is 0.108 e. The molecule has 2 aromatic rings. The van der Waals surface area contributed by atoms with Crippen LogP contribution >= 0.6 is 50.5 Å². The molecular formula is C8H3BrCl2S. The van der Waals surface area contributed by atoms with Crippen LogP contribution in [0, 0.1) is 0 Å². The van der Waals surface area contributed by atoms with Crippen molar-refractivity contribution in [1.29, 1.82) is 0 Å². The van der Waals surface area contributed by atoms with Crippen LogP contribution in [0.1, 0.15) is 0 Å². The summed E-state index contributed by atoms with van der Waals surface area (Å²) >= 11 is 16.7. The Morgan fingerprint density at radius 3 is 2.75 bits per heavy atom. The third-order valence-electron chi connectivity index (χ3n) is 1.55. The molecule has 0 unspecified atom stereocenters. The fourth-order valence-electron chi connectivity index (χ4n) is 1.01. The van der Waals surface area contributed by atoms with E-state index in [0.717, 1.165) is 23.9 Å². The Morgan fingerprint density at radius 1 is 1.25 bits per heavy atom. The van der Waals surface area contributed by atoms with Crippen molar-refractivity contribution in [2.45, 2.75) is 0 Å². The molecule has 12 heavy (non-hydrogen) atoms. The summed E-state index contributed by atoms with van der Waals surface area (Å²) in [6, 6.07) is 5.74. The van der Waals surface area contributed by atoms with Crippen LogP contribution in [0.15, 0.2) is 22.7 Å². The number of fused-ring (bicyclic) bond motifs is 1. The van der Waals surface area contributed by atoms with Gasteiger partial charge in [-0.15, -0.1) is 11.3 Å². The van der Waals surface area contributed by atoms with E-state index in [4.69, 9.17) is 23.2 Å². The SMILES string of the molecule is Clc1ccc2sc(Cl)c(Br)c2c1. The number of benzene rings is 1. The molecule has 62 valence electrons. The molecule has 2 rings (SSSR count). The Hall–Kier alpha value is 0.240. The van der Waals surface area contributed by atoms with E-state index in [0.29, 0.717) is 0 Å². The van der Waals surface area contributed by atoms with E-state index in [1.807, 2.05) is 18.2 Å². The topological polar surface area (TPSA) is 0 Å². The second-order valence-electron chi connectivity index (χ2n) is 2.33. The minimum absolute atomic E-state index is 0.734. The van der Waals surface area contributed by atoms with E-state index in [1.165, 1.54) is 0 Å². The Balaban J connectivity index is 2.88. The molecule has 1 heterocycles. The predicted octanol–water partition coefficient (Wildman–Crippen LogP) is 4.97. The number of rotatable bonds is 0. The zero-order valence-corrected chi connectivity index (χ0v) is 9.69. The van der Waals surface area contributed by atoms with E-state index < -0.39 is 0 Å². The summed E-state index contributed by atoms with van der Waals surface area (Å²) in [6.07, 6.45) is 0. The van der Waals surface area contributed by atoms with Gasteiger partial charge in [-0.2, -0.15) is 0 Å². The molecule has 0 nitrogen and oxygen atoms in total. The van der Waals surface area contributed by atoms with Crippen LogP contribution in [0.5, 0.6) is 0 Å². The van der Waals surface area contributed by atoms with Gasteiger partial charge in [-0.3, -0.25) is 0 Å². The van der Waals surface area contributed by atoms with Gasteiger partial charge in [-0.05, 0) is 34.1 Å². The molecule has 0 saturated carbocycles. The molecule has 0 atom stereocenters. The van der Waals surface area contributed by atoms with Crippen molar-refractivity contribution in [2.75, 3.05) is 0 Å². The molecule has 0 bridgehead atoms. The molecule has 0 N–H and O–H groups in total. The maximum Gasteiger partial charge on any atom is 0.108 e. The van der Waals surface area contributed by atoms with Gasteiger partial charge in [-0.25, -0.2) is 0 Å². The first kappa shape index (κ1) is 8.82. The Kier molecular flexibility index (Phi) is 2.34. The van der Waals surface area contributed by atoms with Crippen molar-refractivity contribution in [3.63, 3.8) is 0 Å². The molecule has 0 radical (unpaired) electrons. The summed E-state index contributed by atoms with van der Waals surface area (Å²) < 4.78 is 2.86. The van der Waals surface area contributed by atoms with Gasteiger partial charge in [-0.1, -0.05) is 23.2 Å². The van der Waals surface area contributed by atoms with Crippen LogP contribution in [-0.2, 0) is 0 Å². The van der Waals surface area contributed by atoms with Crippen molar-refractivity contribution in [3.8, 4) is 0 Å². The quantitative estimate of drug-likeness (QED) is 0.639. The van der Waals surface area contributed by atoms with Gasteiger partial charge in [0.1, 0.15) is 4.34 Å². The van der Waals surface area contributed by atoms with E-state index in [2.05, 4.69) is 15.9 Å². The standard InChI is InChI=1S/C8H3BrCl2S/c9-7-5-3-4(10)1-2-6(5)12-8(7)11/h1-3H. The third-order valence-corrected chi connectivity index (χ3v) is 4.48. The minimum Gasteiger partial charge on any atom is -0.122 e. The van der Waals surface area contributed by atoms with Crippen molar-refractivity contribution >= 4 is 60.6 Å². The van der Waals surface area contributed by atoms with Gasteiger partial charge in [0.25, 0.3) is 0 Å². The molecule has 0 fully saturated rings. The van der Waals surface area contributed by atoms with Crippen LogP contribution in [-0.4, -0.2) is 0 Å². The zero-order valence-electron chi connectivity index (χ0n) is 5.77. The van der Waals surface area contributed by atoms with Gasteiger partial charge in [0, 0.05) is 15.1 Å². The van der Waals surface area contributed by atoms with E-state index in [-0.39, 0.29) is 0 Å². The van der Waals surface area contributed by atoms with Crippen molar-refractivity contribution in [2.24, 2.45) is 0 Å². The van der Waals surface area contributed by atoms with E-state index in [9.17, 15) is 0 Å². The Labute approximate surface area is 92.2 Å². The summed E-state index contributed by atoms with van der Waals surface area (Å²) in [4.78, 5) is 0. The molecule has 0 aliphatic heterocycles. The summed E-state index contributed by atoms with van der Waals surface area (Å²) in [7, 11) is 0. The van der Waals surface area contributed by atoms with Gasteiger partial charge in [0.2, 0.25) is 0 Å². The highest BCUT2D eigenvalue weighted by molar-refractivity contribution is 9.10. The highest BCUT2D eigenvalue weighted by atomic mass is 79.9. The maximum absolute atomic E-state index is 5.93. The number of hydrogen-bond acceptors (Lipinski definition) is 1. The molecule has 0 aliphatic rings. The lowest BCUT2D eigenvalue weighted by Crippen LogP contribution is -1.64. The minimum atomic E-state index is 0.734. The average molecular weight is 282 g/mol. The molecular weight excluding hydrogens is 279 g/mol. The monoisotopic (exact) mass is 280 g/mol. The van der Waals surface area contributed by atoms with Gasteiger partial charge < -0.3 is 0 Å². The molecule has 0 amide bonds. The summed E-state index contributed by atoms with van der Waals surface area (Å²) in [5.41, 5.74) is 0. The van der Waals surface area contributed by atoms with Crippen LogP contribution < -0.4 is 0 Å². The largest absolute Gasteiger partial charge is 0.122 e. The number of hydrogen-bond donors (Lipinski definition) is 0.